The summed E-state index contributed by atoms with van der Waals surface area (Å²) in [6.07, 6.45) is 6.18. The lowest BCUT2D eigenvalue weighted by molar-refractivity contribution is -0.123. The third-order valence-electron chi connectivity index (χ3n) is 6.69. The fourth-order valence-corrected chi connectivity index (χ4v) is 4.61. The lowest BCUT2D eigenvalue weighted by Gasteiger charge is -2.35. The molecule has 3 heterocycles. The lowest BCUT2D eigenvalue weighted by Crippen LogP contribution is -2.46. The Balaban J connectivity index is 1.24. The van der Waals surface area contributed by atoms with Crippen LogP contribution >= 0.6 is 0 Å². The summed E-state index contributed by atoms with van der Waals surface area (Å²) in [6.45, 7) is 4.65. The van der Waals surface area contributed by atoms with Crippen LogP contribution in [0.15, 0.2) is 73.2 Å². The summed E-state index contributed by atoms with van der Waals surface area (Å²) in [5.74, 6) is 0.461. The van der Waals surface area contributed by atoms with Crippen LogP contribution in [0.4, 0.5) is 5.82 Å². The number of hydrogen-bond donors (Lipinski definition) is 1. The molecule has 0 unspecified atom stereocenters. The Labute approximate surface area is 216 Å². The van der Waals surface area contributed by atoms with Crippen LogP contribution in [0.25, 0.3) is 22.2 Å². The van der Waals surface area contributed by atoms with Crippen molar-refractivity contribution < 1.29 is 9.59 Å². The molecule has 1 amide bonds. The van der Waals surface area contributed by atoms with Crippen molar-refractivity contribution in [3.8, 4) is 11.1 Å². The average molecular weight is 495 g/mol. The number of benzene rings is 2. The first-order valence-electron chi connectivity index (χ1n) is 12.6. The van der Waals surface area contributed by atoms with Gasteiger partial charge >= 0.3 is 0 Å². The van der Waals surface area contributed by atoms with Crippen molar-refractivity contribution in [2.45, 2.75) is 25.8 Å². The standard InChI is InChI=1S/C29H30N6O2/c30-28(37)10-8-25(36)16-21-3-5-23(6-4-21)24-7-9-26-27(17-24)33-29(19-32-26)35-14-12-34(13-15-35)20-22-2-1-11-31-18-22/h1-7,9,11,17-19H,8,10,12-16,20H2,(H2,30,37). The van der Waals surface area contributed by atoms with Gasteiger partial charge in [0.15, 0.2) is 0 Å². The molecule has 0 aliphatic carbocycles. The summed E-state index contributed by atoms with van der Waals surface area (Å²) in [5, 5.41) is 0. The first-order chi connectivity index (χ1) is 18.0. The molecule has 0 atom stereocenters. The third kappa shape index (κ3) is 6.34. The SMILES string of the molecule is NC(=O)CCC(=O)Cc1ccc(-c2ccc3ncc(N4CCN(Cc5cccnc5)CC4)nc3c2)cc1. The quantitative estimate of drug-likeness (QED) is 0.380. The molecule has 4 aromatic rings. The molecule has 8 heteroatoms. The van der Waals surface area contributed by atoms with Crippen LogP contribution in [0.3, 0.4) is 0 Å². The highest BCUT2D eigenvalue weighted by atomic mass is 16.1. The second-order valence-corrected chi connectivity index (χ2v) is 9.43. The number of aromatic nitrogens is 3. The number of amides is 1. The topological polar surface area (TPSA) is 105 Å². The minimum absolute atomic E-state index is 0.0120. The minimum Gasteiger partial charge on any atom is -0.370 e. The number of carbonyl (C=O) groups excluding carboxylic acids is 2. The maximum atomic E-state index is 12.0. The number of rotatable bonds is 9. The van der Waals surface area contributed by atoms with Crippen molar-refractivity contribution in [1.29, 1.82) is 0 Å². The number of primary amides is 1. The molecule has 5 rings (SSSR count). The number of ketones is 1. The molecule has 1 aliphatic rings. The van der Waals surface area contributed by atoms with Crippen LogP contribution in [0.1, 0.15) is 24.0 Å². The molecule has 0 bridgehead atoms. The Morgan fingerprint density at radius 1 is 0.838 bits per heavy atom. The predicted octanol–water partition coefficient (Wildman–Crippen LogP) is 3.39. The largest absolute Gasteiger partial charge is 0.370 e. The van der Waals surface area contributed by atoms with Gasteiger partial charge in [-0.3, -0.25) is 24.5 Å². The Hall–Kier alpha value is -4.17. The van der Waals surface area contributed by atoms with E-state index in [4.69, 9.17) is 10.7 Å². The Morgan fingerprint density at radius 2 is 1.62 bits per heavy atom. The van der Waals surface area contributed by atoms with E-state index in [2.05, 4.69) is 31.9 Å². The highest BCUT2D eigenvalue weighted by Gasteiger charge is 2.19. The maximum absolute atomic E-state index is 12.0. The van der Waals surface area contributed by atoms with Gasteiger partial charge in [0.1, 0.15) is 11.6 Å². The van der Waals surface area contributed by atoms with Crippen molar-refractivity contribution >= 4 is 28.5 Å². The Morgan fingerprint density at radius 3 is 2.35 bits per heavy atom. The summed E-state index contributed by atoms with van der Waals surface area (Å²) in [5.41, 5.74) is 11.1. The van der Waals surface area contributed by atoms with Crippen molar-refractivity contribution in [2.24, 2.45) is 5.73 Å². The van der Waals surface area contributed by atoms with Gasteiger partial charge in [-0.15, -0.1) is 0 Å². The summed E-state index contributed by atoms with van der Waals surface area (Å²) < 4.78 is 0. The third-order valence-corrected chi connectivity index (χ3v) is 6.69. The van der Waals surface area contributed by atoms with E-state index < -0.39 is 5.91 Å². The molecule has 2 aromatic heterocycles. The molecule has 1 fully saturated rings. The predicted molar refractivity (Wildman–Crippen MR) is 144 cm³/mol. The first kappa shape index (κ1) is 24.5. The zero-order valence-corrected chi connectivity index (χ0v) is 20.7. The van der Waals surface area contributed by atoms with Gasteiger partial charge < -0.3 is 10.6 Å². The molecule has 0 radical (unpaired) electrons. The summed E-state index contributed by atoms with van der Waals surface area (Å²) in [6, 6.07) is 18.1. The molecule has 188 valence electrons. The Kier molecular flexibility index (Phi) is 7.46. The van der Waals surface area contributed by atoms with E-state index in [1.54, 1.807) is 6.20 Å². The molecule has 1 aliphatic heterocycles. The average Bonchev–Trinajstić information content (AvgIpc) is 2.93. The maximum Gasteiger partial charge on any atom is 0.217 e. The molecule has 8 nitrogen and oxygen atoms in total. The van der Waals surface area contributed by atoms with E-state index in [0.29, 0.717) is 6.42 Å². The van der Waals surface area contributed by atoms with Crippen molar-refractivity contribution in [3.05, 3.63) is 84.3 Å². The van der Waals surface area contributed by atoms with Gasteiger partial charge in [-0.1, -0.05) is 36.4 Å². The van der Waals surface area contributed by atoms with E-state index in [1.807, 2.05) is 54.9 Å². The number of carbonyl (C=O) groups is 2. The summed E-state index contributed by atoms with van der Waals surface area (Å²) >= 11 is 0. The normalized spacial score (nSPS) is 14.1. The summed E-state index contributed by atoms with van der Waals surface area (Å²) in [7, 11) is 0. The fraction of sp³-hybridized carbons (Fsp3) is 0.276. The number of anilines is 1. The van der Waals surface area contributed by atoms with Crippen molar-refractivity contribution in [2.75, 3.05) is 31.1 Å². The molecule has 0 saturated carbocycles. The fourth-order valence-electron chi connectivity index (χ4n) is 4.61. The van der Waals surface area contributed by atoms with Gasteiger partial charge in [-0.2, -0.15) is 0 Å². The lowest BCUT2D eigenvalue weighted by atomic mass is 10.0. The van der Waals surface area contributed by atoms with E-state index in [0.717, 1.165) is 66.3 Å². The molecule has 37 heavy (non-hydrogen) atoms. The van der Waals surface area contributed by atoms with Gasteiger partial charge in [0, 0.05) is 64.4 Å². The van der Waals surface area contributed by atoms with Crippen molar-refractivity contribution in [1.82, 2.24) is 19.9 Å². The highest BCUT2D eigenvalue weighted by Crippen LogP contribution is 2.25. The van der Waals surface area contributed by atoms with E-state index in [9.17, 15) is 9.59 Å². The smallest absolute Gasteiger partial charge is 0.217 e. The second kappa shape index (κ2) is 11.3. The second-order valence-electron chi connectivity index (χ2n) is 9.43. The molecule has 1 saturated heterocycles. The highest BCUT2D eigenvalue weighted by molar-refractivity contribution is 5.86. The van der Waals surface area contributed by atoms with Crippen molar-refractivity contribution in [3.63, 3.8) is 0 Å². The van der Waals surface area contributed by atoms with E-state index in [1.165, 1.54) is 5.56 Å². The van der Waals surface area contributed by atoms with Gasteiger partial charge in [-0.05, 0) is 40.5 Å². The van der Waals surface area contributed by atoms with Gasteiger partial charge in [0.2, 0.25) is 5.91 Å². The zero-order chi connectivity index (χ0) is 25.6. The zero-order valence-electron chi connectivity index (χ0n) is 20.7. The van der Waals surface area contributed by atoms with E-state index in [-0.39, 0.29) is 18.6 Å². The number of nitrogens with zero attached hydrogens (tertiary/aromatic N) is 5. The number of piperazine rings is 1. The minimum atomic E-state index is -0.450. The van der Waals surface area contributed by atoms with E-state index >= 15 is 0 Å². The number of pyridine rings is 1. The monoisotopic (exact) mass is 494 g/mol. The summed E-state index contributed by atoms with van der Waals surface area (Å²) in [4.78, 5) is 41.5. The van der Waals surface area contributed by atoms with Gasteiger partial charge in [0.25, 0.3) is 0 Å². The van der Waals surface area contributed by atoms with Gasteiger partial charge in [0.05, 0.1) is 17.2 Å². The number of nitrogens with two attached hydrogens (primary N) is 1. The van der Waals surface area contributed by atoms with Crippen LogP contribution in [-0.4, -0.2) is 57.7 Å². The molecule has 0 spiro atoms. The molecule has 2 N–H and O–H groups in total. The van der Waals surface area contributed by atoms with Crippen LogP contribution in [0.2, 0.25) is 0 Å². The number of fused-ring (bicyclic) bond motifs is 1. The molecular formula is C29H30N6O2. The molecule has 2 aromatic carbocycles. The Bertz CT molecular complexity index is 1380. The first-order valence-corrected chi connectivity index (χ1v) is 12.6. The van der Waals surface area contributed by atoms with Crippen LogP contribution in [-0.2, 0) is 22.6 Å². The molecular weight excluding hydrogens is 464 g/mol. The number of hydrogen-bond acceptors (Lipinski definition) is 7. The van der Waals surface area contributed by atoms with Crippen LogP contribution in [0, 0.1) is 0 Å². The number of Topliss-reactive ketones (excluding diaryl/α,β-unsaturated/α-hetero) is 1. The van der Waals surface area contributed by atoms with Crippen LogP contribution < -0.4 is 10.6 Å². The van der Waals surface area contributed by atoms with Crippen LogP contribution in [0.5, 0.6) is 0 Å². The van der Waals surface area contributed by atoms with Gasteiger partial charge in [-0.25, -0.2) is 4.98 Å².